The van der Waals surface area contributed by atoms with Crippen LogP contribution in [0.25, 0.3) is 0 Å². The van der Waals surface area contributed by atoms with E-state index in [-0.39, 0.29) is 18.6 Å². The van der Waals surface area contributed by atoms with Crippen LogP contribution in [0.2, 0.25) is 0 Å². The van der Waals surface area contributed by atoms with Crippen molar-refractivity contribution in [3.63, 3.8) is 0 Å². The standard InChI is InChI=1S/C11H15BrN2O2/c1-2-10(3-4-15)14-11(16)8-5-9(12)7-13-6-8/h5-7,10,15H,2-4H2,1H3,(H,14,16). The Balaban J connectivity index is 2.64. The lowest BCUT2D eigenvalue weighted by Gasteiger charge is -2.15. The summed E-state index contributed by atoms with van der Waals surface area (Å²) in [5.41, 5.74) is 0.519. The molecule has 0 radical (unpaired) electrons. The lowest BCUT2D eigenvalue weighted by molar-refractivity contribution is 0.0928. The van der Waals surface area contributed by atoms with E-state index in [2.05, 4.69) is 26.2 Å². The van der Waals surface area contributed by atoms with Gasteiger partial charge in [-0.25, -0.2) is 0 Å². The number of aliphatic hydroxyl groups excluding tert-OH is 1. The van der Waals surface area contributed by atoms with Crippen molar-refractivity contribution in [2.45, 2.75) is 25.8 Å². The lowest BCUT2D eigenvalue weighted by Crippen LogP contribution is -2.35. The number of rotatable bonds is 5. The van der Waals surface area contributed by atoms with Crippen LogP contribution in [0.15, 0.2) is 22.9 Å². The number of nitrogens with one attached hydrogen (secondary N) is 1. The summed E-state index contributed by atoms with van der Waals surface area (Å²) in [6, 6.07) is 1.73. The minimum absolute atomic E-state index is 0.0106. The van der Waals surface area contributed by atoms with Gasteiger partial charge in [-0.3, -0.25) is 9.78 Å². The van der Waals surface area contributed by atoms with Crippen LogP contribution in [0.4, 0.5) is 0 Å². The van der Waals surface area contributed by atoms with E-state index in [0.29, 0.717) is 12.0 Å². The number of aliphatic hydroxyl groups is 1. The largest absolute Gasteiger partial charge is 0.396 e. The molecule has 16 heavy (non-hydrogen) atoms. The zero-order chi connectivity index (χ0) is 12.0. The van der Waals surface area contributed by atoms with Crippen LogP contribution in [0.3, 0.4) is 0 Å². The fourth-order valence-electron chi connectivity index (χ4n) is 1.34. The van der Waals surface area contributed by atoms with Crippen molar-refractivity contribution in [3.8, 4) is 0 Å². The minimum Gasteiger partial charge on any atom is -0.396 e. The Labute approximate surface area is 103 Å². The van der Waals surface area contributed by atoms with Gasteiger partial charge >= 0.3 is 0 Å². The summed E-state index contributed by atoms with van der Waals surface area (Å²) in [6.07, 6.45) is 4.52. The molecule has 1 heterocycles. The SMILES string of the molecule is CCC(CCO)NC(=O)c1cncc(Br)c1. The van der Waals surface area contributed by atoms with Crippen molar-refractivity contribution in [2.75, 3.05) is 6.61 Å². The molecule has 0 fully saturated rings. The molecule has 0 aliphatic carbocycles. The van der Waals surface area contributed by atoms with Crippen LogP contribution in [0, 0.1) is 0 Å². The summed E-state index contributed by atoms with van der Waals surface area (Å²) in [6.45, 7) is 2.05. The maximum absolute atomic E-state index is 11.8. The van der Waals surface area contributed by atoms with Crippen LogP contribution < -0.4 is 5.32 Å². The van der Waals surface area contributed by atoms with Gasteiger partial charge in [0.1, 0.15) is 0 Å². The molecule has 0 spiro atoms. The van der Waals surface area contributed by atoms with E-state index in [9.17, 15) is 4.79 Å². The molecular weight excluding hydrogens is 272 g/mol. The minimum atomic E-state index is -0.158. The van der Waals surface area contributed by atoms with E-state index < -0.39 is 0 Å². The number of carbonyl (C=O) groups is 1. The molecule has 1 amide bonds. The van der Waals surface area contributed by atoms with Gasteiger partial charge < -0.3 is 10.4 Å². The van der Waals surface area contributed by atoms with Crippen molar-refractivity contribution < 1.29 is 9.90 Å². The third-order valence-corrected chi connectivity index (χ3v) is 2.71. The zero-order valence-corrected chi connectivity index (χ0v) is 10.7. The van der Waals surface area contributed by atoms with E-state index in [1.54, 1.807) is 12.3 Å². The van der Waals surface area contributed by atoms with Crippen molar-refractivity contribution in [1.82, 2.24) is 10.3 Å². The van der Waals surface area contributed by atoms with E-state index in [0.717, 1.165) is 10.9 Å². The van der Waals surface area contributed by atoms with Crippen molar-refractivity contribution in [1.29, 1.82) is 0 Å². The fourth-order valence-corrected chi connectivity index (χ4v) is 1.70. The topological polar surface area (TPSA) is 62.2 Å². The highest BCUT2D eigenvalue weighted by Crippen LogP contribution is 2.10. The Bertz CT molecular complexity index is 358. The third kappa shape index (κ3) is 3.90. The molecule has 4 nitrogen and oxygen atoms in total. The second-order valence-corrected chi connectivity index (χ2v) is 4.40. The molecule has 1 atom stereocenters. The average molecular weight is 287 g/mol. The summed E-state index contributed by atoms with van der Waals surface area (Å²) in [5.74, 6) is -0.158. The number of hydrogen-bond donors (Lipinski definition) is 2. The Morgan fingerprint density at radius 1 is 1.62 bits per heavy atom. The van der Waals surface area contributed by atoms with Crippen LogP contribution >= 0.6 is 15.9 Å². The molecule has 5 heteroatoms. The number of halogens is 1. The maximum Gasteiger partial charge on any atom is 0.253 e. The Hall–Kier alpha value is -0.940. The van der Waals surface area contributed by atoms with Gasteiger partial charge in [-0.2, -0.15) is 0 Å². The number of carbonyl (C=O) groups excluding carboxylic acids is 1. The second kappa shape index (κ2) is 6.60. The highest BCUT2D eigenvalue weighted by atomic mass is 79.9. The summed E-state index contributed by atoms with van der Waals surface area (Å²) in [4.78, 5) is 15.7. The summed E-state index contributed by atoms with van der Waals surface area (Å²) in [7, 11) is 0. The molecule has 0 saturated carbocycles. The summed E-state index contributed by atoms with van der Waals surface area (Å²) >= 11 is 3.26. The smallest absolute Gasteiger partial charge is 0.253 e. The van der Waals surface area contributed by atoms with Gasteiger partial charge in [-0.1, -0.05) is 6.92 Å². The summed E-state index contributed by atoms with van der Waals surface area (Å²) in [5, 5.41) is 11.7. The first-order valence-electron chi connectivity index (χ1n) is 5.19. The van der Waals surface area contributed by atoms with Crippen molar-refractivity contribution in [3.05, 3.63) is 28.5 Å². The highest BCUT2D eigenvalue weighted by molar-refractivity contribution is 9.10. The van der Waals surface area contributed by atoms with Crippen LogP contribution in [-0.2, 0) is 0 Å². The van der Waals surface area contributed by atoms with Gasteiger partial charge in [0, 0.05) is 29.5 Å². The Morgan fingerprint density at radius 2 is 2.38 bits per heavy atom. The highest BCUT2D eigenvalue weighted by Gasteiger charge is 2.11. The molecule has 1 aromatic heterocycles. The second-order valence-electron chi connectivity index (χ2n) is 3.48. The molecule has 1 aromatic rings. The predicted octanol–water partition coefficient (Wildman–Crippen LogP) is 1.73. The fraction of sp³-hybridized carbons (Fsp3) is 0.455. The number of hydrogen-bond acceptors (Lipinski definition) is 3. The normalized spacial score (nSPS) is 12.2. The molecule has 1 rings (SSSR count). The van der Waals surface area contributed by atoms with Crippen LogP contribution in [0.5, 0.6) is 0 Å². The molecule has 0 bridgehead atoms. The van der Waals surface area contributed by atoms with Crippen LogP contribution in [0.1, 0.15) is 30.1 Å². The molecule has 0 aliphatic rings. The first kappa shape index (κ1) is 13.1. The Kier molecular flexibility index (Phi) is 5.42. The zero-order valence-electron chi connectivity index (χ0n) is 9.11. The molecular formula is C11H15BrN2O2. The number of amides is 1. The number of aromatic nitrogens is 1. The Morgan fingerprint density at radius 3 is 2.94 bits per heavy atom. The lowest BCUT2D eigenvalue weighted by atomic mass is 10.1. The van der Waals surface area contributed by atoms with E-state index >= 15 is 0 Å². The van der Waals surface area contributed by atoms with Gasteiger partial charge in [0.25, 0.3) is 5.91 Å². The average Bonchev–Trinajstić information content (AvgIpc) is 2.28. The molecule has 0 aliphatic heterocycles. The predicted molar refractivity (Wildman–Crippen MR) is 65.2 cm³/mol. The summed E-state index contributed by atoms with van der Waals surface area (Å²) < 4.78 is 0.773. The van der Waals surface area contributed by atoms with Gasteiger partial charge in [-0.15, -0.1) is 0 Å². The first-order valence-corrected chi connectivity index (χ1v) is 5.99. The maximum atomic E-state index is 11.8. The molecule has 1 unspecified atom stereocenters. The molecule has 0 saturated heterocycles. The molecule has 2 N–H and O–H groups in total. The molecule has 0 aromatic carbocycles. The first-order chi connectivity index (χ1) is 7.67. The number of nitrogens with zero attached hydrogens (tertiary/aromatic N) is 1. The van der Waals surface area contributed by atoms with E-state index in [1.807, 2.05) is 6.92 Å². The number of pyridine rings is 1. The van der Waals surface area contributed by atoms with Gasteiger partial charge in [-0.05, 0) is 34.8 Å². The third-order valence-electron chi connectivity index (χ3n) is 2.27. The van der Waals surface area contributed by atoms with Crippen molar-refractivity contribution in [2.24, 2.45) is 0 Å². The van der Waals surface area contributed by atoms with Crippen LogP contribution in [-0.4, -0.2) is 28.6 Å². The van der Waals surface area contributed by atoms with Gasteiger partial charge in [0.2, 0.25) is 0 Å². The molecule has 88 valence electrons. The van der Waals surface area contributed by atoms with E-state index in [4.69, 9.17) is 5.11 Å². The van der Waals surface area contributed by atoms with Gasteiger partial charge in [0.15, 0.2) is 0 Å². The quantitative estimate of drug-likeness (QED) is 0.867. The monoisotopic (exact) mass is 286 g/mol. The van der Waals surface area contributed by atoms with Gasteiger partial charge in [0.05, 0.1) is 5.56 Å². The van der Waals surface area contributed by atoms with E-state index in [1.165, 1.54) is 6.20 Å². The van der Waals surface area contributed by atoms with Crippen molar-refractivity contribution >= 4 is 21.8 Å².